The van der Waals surface area contributed by atoms with Gasteiger partial charge < -0.3 is 9.84 Å². The number of carbonyl (C=O) groups is 1. The number of halogens is 1. The van der Waals surface area contributed by atoms with Crippen molar-refractivity contribution in [3.63, 3.8) is 0 Å². The average molecular weight is 371 g/mol. The minimum absolute atomic E-state index is 0.0102. The number of phenols is 1. The third-order valence-electron chi connectivity index (χ3n) is 3.55. The van der Waals surface area contributed by atoms with Crippen LogP contribution in [-0.2, 0) is 0 Å². The lowest BCUT2D eigenvalue weighted by Gasteiger charge is -2.03. The first kappa shape index (κ1) is 17.5. The number of phenolic OH excluding ortho intramolecular Hbond substituents is 1. The molecule has 0 aliphatic rings. The first-order chi connectivity index (χ1) is 12.6. The second kappa shape index (κ2) is 7.71. The second-order valence-corrected chi connectivity index (χ2v) is 5.74. The molecule has 132 valence electrons. The zero-order chi connectivity index (χ0) is 18.5. The third-order valence-corrected chi connectivity index (χ3v) is 3.80. The molecule has 2 aromatic carbocycles. The SMILES string of the molecule is COc1ccc(/C=N\NC(=O)c2cc(-c3ccc(Cl)cc3)n[nH]2)cc1O. The van der Waals surface area contributed by atoms with Gasteiger partial charge in [-0.3, -0.25) is 9.89 Å². The van der Waals surface area contributed by atoms with Crippen LogP contribution in [0.2, 0.25) is 5.02 Å². The van der Waals surface area contributed by atoms with Crippen LogP contribution in [0.15, 0.2) is 53.6 Å². The molecule has 0 atom stereocenters. The van der Waals surface area contributed by atoms with Crippen molar-refractivity contribution in [1.82, 2.24) is 15.6 Å². The molecule has 1 heterocycles. The number of benzene rings is 2. The van der Waals surface area contributed by atoms with Crippen LogP contribution in [0.25, 0.3) is 11.3 Å². The summed E-state index contributed by atoms with van der Waals surface area (Å²) in [4.78, 5) is 12.1. The van der Waals surface area contributed by atoms with Gasteiger partial charge in [0.05, 0.1) is 19.0 Å². The van der Waals surface area contributed by atoms with Crippen LogP contribution in [0.3, 0.4) is 0 Å². The largest absolute Gasteiger partial charge is 0.504 e. The highest BCUT2D eigenvalue weighted by molar-refractivity contribution is 6.30. The Morgan fingerprint density at radius 1 is 1.27 bits per heavy atom. The van der Waals surface area contributed by atoms with Crippen LogP contribution < -0.4 is 10.2 Å². The highest BCUT2D eigenvalue weighted by atomic mass is 35.5. The number of nitrogens with one attached hydrogen (secondary N) is 2. The van der Waals surface area contributed by atoms with Gasteiger partial charge in [0.2, 0.25) is 0 Å². The number of carbonyl (C=O) groups excluding carboxylic acids is 1. The van der Waals surface area contributed by atoms with E-state index in [1.165, 1.54) is 19.4 Å². The third kappa shape index (κ3) is 4.01. The van der Waals surface area contributed by atoms with E-state index in [-0.39, 0.29) is 11.4 Å². The van der Waals surface area contributed by atoms with Crippen LogP contribution in [0, 0.1) is 0 Å². The number of nitrogens with zero attached hydrogens (tertiary/aromatic N) is 2. The molecule has 26 heavy (non-hydrogen) atoms. The molecule has 0 aliphatic heterocycles. The molecule has 7 nitrogen and oxygen atoms in total. The number of hydrazone groups is 1. The van der Waals surface area contributed by atoms with Gasteiger partial charge in [-0.25, -0.2) is 5.43 Å². The number of hydrogen-bond donors (Lipinski definition) is 3. The standard InChI is InChI=1S/C18H15ClN4O3/c1-26-17-7-2-11(8-16(17)24)10-20-23-18(25)15-9-14(21-22-15)12-3-5-13(19)6-4-12/h2-10,24H,1H3,(H,21,22)(H,23,25)/b20-10-. The van der Waals surface area contributed by atoms with Crippen molar-refractivity contribution in [3.8, 4) is 22.8 Å². The molecule has 0 aliphatic carbocycles. The Morgan fingerprint density at radius 2 is 2.04 bits per heavy atom. The van der Waals surface area contributed by atoms with Crippen molar-refractivity contribution in [3.05, 3.63) is 64.8 Å². The first-order valence-corrected chi connectivity index (χ1v) is 7.96. The molecule has 0 bridgehead atoms. The van der Waals surface area contributed by atoms with Crippen LogP contribution in [0.1, 0.15) is 16.1 Å². The summed E-state index contributed by atoms with van der Waals surface area (Å²) in [6.45, 7) is 0. The van der Waals surface area contributed by atoms with E-state index in [2.05, 4.69) is 20.7 Å². The van der Waals surface area contributed by atoms with E-state index in [4.69, 9.17) is 16.3 Å². The molecule has 3 N–H and O–H groups in total. The second-order valence-electron chi connectivity index (χ2n) is 5.30. The van der Waals surface area contributed by atoms with E-state index in [1.807, 2.05) is 12.1 Å². The average Bonchev–Trinajstić information content (AvgIpc) is 3.12. The van der Waals surface area contributed by atoms with Gasteiger partial charge in [-0.15, -0.1) is 0 Å². The fraction of sp³-hybridized carbons (Fsp3) is 0.0556. The van der Waals surface area contributed by atoms with Crippen molar-refractivity contribution >= 4 is 23.7 Å². The maximum atomic E-state index is 12.1. The highest BCUT2D eigenvalue weighted by Crippen LogP contribution is 2.25. The zero-order valence-electron chi connectivity index (χ0n) is 13.7. The van der Waals surface area contributed by atoms with Crippen LogP contribution in [0.4, 0.5) is 0 Å². The summed E-state index contributed by atoms with van der Waals surface area (Å²) in [6.07, 6.45) is 1.41. The van der Waals surface area contributed by atoms with E-state index in [9.17, 15) is 9.90 Å². The Kier molecular flexibility index (Phi) is 5.19. The van der Waals surface area contributed by atoms with Gasteiger partial charge in [-0.2, -0.15) is 10.2 Å². The van der Waals surface area contributed by atoms with Crippen LogP contribution >= 0.6 is 11.6 Å². The number of H-pyrrole nitrogens is 1. The lowest BCUT2D eigenvalue weighted by molar-refractivity contribution is 0.0950. The molecule has 0 unspecified atom stereocenters. The first-order valence-electron chi connectivity index (χ1n) is 7.58. The number of aromatic nitrogens is 2. The van der Waals surface area contributed by atoms with Gasteiger partial charge in [0, 0.05) is 10.6 Å². The summed E-state index contributed by atoms with van der Waals surface area (Å²) < 4.78 is 4.96. The molecule has 0 radical (unpaired) electrons. The van der Waals surface area contributed by atoms with Crippen molar-refractivity contribution in [2.75, 3.05) is 7.11 Å². The monoisotopic (exact) mass is 370 g/mol. The van der Waals surface area contributed by atoms with Crippen molar-refractivity contribution in [2.45, 2.75) is 0 Å². The summed E-state index contributed by atoms with van der Waals surface area (Å²) in [7, 11) is 1.46. The summed E-state index contributed by atoms with van der Waals surface area (Å²) in [5.74, 6) is -0.0889. The van der Waals surface area contributed by atoms with E-state index in [0.717, 1.165) is 5.56 Å². The van der Waals surface area contributed by atoms with Gasteiger partial charge in [0.1, 0.15) is 5.69 Å². The lowest BCUT2D eigenvalue weighted by atomic mass is 10.1. The number of aromatic hydroxyl groups is 1. The molecular formula is C18H15ClN4O3. The van der Waals surface area contributed by atoms with E-state index < -0.39 is 5.91 Å². The summed E-state index contributed by atoms with van der Waals surface area (Å²) in [5.41, 5.74) is 4.73. The van der Waals surface area contributed by atoms with Crippen LogP contribution in [-0.4, -0.2) is 34.5 Å². The fourth-order valence-corrected chi connectivity index (χ4v) is 2.35. The van der Waals surface area contributed by atoms with E-state index in [0.29, 0.717) is 22.0 Å². The molecule has 0 saturated carbocycles. The maximum absolute atomic E-state index is 12.1. The number of hydrogen-bond acceptors (Lipinski definition) is 5. The number of amides is 1. The minimum Gasteiger partial charge on any atom is -0.504 e. The predicted molar refractivity (Wildman–Crippen MR) is 98.8 cm³/mol. The van der Waals surface area contributed by atoms with Gasteiger partial charge in [0.25, 0.3) is 5.91 Å². The maximum Gasteiger partial charge on any atom is 0.289 e. The van der Waals surface area contributed by atoms with Gasteiger partial charge in [-0.1, -0.05) is 23.7 Å². The Labute approximate surface area is 154 Å². The van der Waals surface area contributed by atoms with Gasteiger partial charge in [-0.05, 0) is 42.0 Å². The lowest BCUT2D eigenvalue weighted by Crippen LogP contribution is -2.17. The van der Waals surface area contributed by atoms with E-state index >= 15 is 0 Å². The molecule has 1 amide bonds. The Morgan fingerprint density at radius 3 is 2.73 bits per heavy atom. The Bertz CT molecular complexity index is 951. The number of ether oxygens (including phenoxy) is 1. The molecule has 0 spiro atoms. The Hall–Kier alpha value is -3.32. The van der Waals surface area contributed by atoms with Gasteiger partial charge >= 0.3 is 0 Å². The predicted octanol–water partition coefficient (Wildman–Crippen LogP) is 3.21. The van der Waals surface area contributed by atoms with Crippen molar-refractivity contribution in [2.24, 2.45) is 5.10 Å². The van der Waals surface area contributed by atoms with Crippen molar-refractivity contribution in [1.29, 1.82) is 0 Å². The number of rotatable bonds is 5. The van der Waals surface area contributed by atoms with E-state index in [1.54, 1.807) is 30.3 Å². The normalized spacial score (nSPS) is 10.8. The minimum atomic E-state index is -0.438. The van der Waals surface area contributed by atoms with Crippen molar-refractivity contribution < 1.29 is 14.6 Å². The molecule has 3 rings (SSSR count). The molecule has 3 aromatic rings. The Balaban J connectivity index is 1.65. The molecule has 8 heteroatoms. The fourth-order valence-electron chi connectivity index (χ4n) is 2.22. The summed E-state index contributed by atoms with van der Waals surface area (Å²) in [6, 6.07) is 13.5. The molecule has 1 aromatic heterocycles. The van der Waals surface area contributed by atoms with Gasteiger partial charge in [0.15, 0.2) is 11.5 Å². The zero-order valence-corrected chi connectivity index (χ0v) is 14.5. The molecule has 0 fully saturated rings. The molecule has 0 saturated heterocycles. The summed E-state index contributed by atoms with van der Waals surface area (Å²) >= 11 is 5.86. The number of aromatic amines is 1. The number of methoxy groups -OCH3 is 1. The topological polar surface area (TPSA) is 99.6 Å². The van der Waals surface area contributed by atoms with Crippen LogP contribution in [0.5, 0.6) is 11.5 Å². The highest BCUT2D eigenvalue weighted by Gasteiger charge is 2.10. The summed E-state index contributed by atoms with van der Waals surface area (Å²) in [5, 5.41) is 21.0. The quantitative estimate of drug-likeness (QED) is 0.474. The smallest absolute Gasteiger partial charge is 0.289 e. The molecular weight excluding hydrogens is 356 g/mol.